The number of nitrogens with one attached hydrogen (secondary N) is 1. The van der Waals surface area contributed by atoms with E-state index in [1.54, 1.807) is 0 Å². The van der Waals surface area contributed by atoms with Crippen LogP contribution in [-0.2, 0) is 6.42 Å². The average molecular weight is 377 g/mol. The Labute approximate surface area is 171 Å². The molecule has 1 heterocycles. The molecule has 0 amide bonds. The van der Waals surface area contributed by atoms with Crippen molar-refractivity contribution in [3.05, 3.63) is 102 Å². The predicted molar refractivity (Wildman–Crippen MR) is 125 cm³/mol. The van der Waals surface area contributed by atoms with Gasteiger partial charge in [-0.3, -0.25) is 0 Å². The van der Waals surface area contributed by atoms with Gasteiger partial charge in [0.15, 0.2) is 0 Å². The van der Waals surface area contributed by atoms with E-state index in [0.717, 1.165) is 17.8 Å². The highest BCUT2D eigenvalue weighted by Crippen LogP contribution is 2.33. The highest BCUT2D eigenvalue weighted by Gasteiger charge is 2.14. The Hall–Kier alpha value is -3.52. The maximum atomic E-state index is 3.64. The number of para-hydroxylation sites is 1. The van der Waals surface area contributed by atoms with Crippen molar-refractivity contribution in [1.29, 1.82) is 0 Å². The van der Waals surface area contributed by atoms with Crippen LogP contribution in [0.5, 0.6) is 0 Å². The molecule has 2 heteroatoms. The van der Waals surface area contributed by atoms with E-state index in [4.69, 9.17) is 0 Å². The molecule has 5 aromatic rings. The molecule has 0 bridgehead atoms. The van der Waals surface area contributed by atoms with E-state index in [9.17, 15) is 0 Å². The van der Waals surface area contributed by atoms with E-state index in [0.29, 0.717) is 0 Å². The Morgan fingerprint density at radius 1 is 0.759 bits per heavy atom. The number of anilines is 2. The molecule has 0 radical (unpaired) electrons. The quantitative estimate of drug-likeness (QED) is 0.346. The molecule has 0 saturated heterocycles. The van der Waals surface area contributed by atoms with Gasteiger partial charge in [-0.05, 0) is 60.7 Å². The predicted octanol–water partition coefficient (Wildman–Crippen LogP) is 7.40. The van der Waals surface area contributed by atoms with E-state index in [1.165, 1.54) is 38.6 Å². The summed E-state index contributed by atoms with van der Waals surface area (Å²) < 4.78 is 2.40. The lowest BCUT2D eigenvalue weighted by Crippen LogP contribution is -1.99. The van der Waals surface area contributed by atoms with Crippen molar-refractivity contribution in [2.24, 2.45) is 0 Å². The maximum absolute atomic E-state index is 3.64. The Bertz CT molecular complexity index is 1310. The van der Waals surface area contributed by atoms with Crippen molar-refractivity contribution in [1.82, 2.24) is 4.57 Å². The van der Waals surface area contributed by atoms with E-state index in [1.807, 2.05) is 0 Å². The number of aromatic nitrogens is 1. The number of hydrogen-bond acceptors (Lipinski definition) is 1. The molecule has 0 fully saturated rings. The largest absolute Gasteiger partial charge is 0.355 e. The van der Waals surface area contributed by atoms with Crippen LogP contribution in [0.3, 0.4) is 0 Å². The minimum absolute atomic E-state index is 1.00. The van der Waals surface area contributed by atoms with E-state index >= 15 is 0 Å². The summed E-state index contributed by atoms with van der Waals surface area (Å²) in [5, 5.41) is 7.43. The van der Waals surface area contributed by atoms with Gasteiger partial charge < -0.3 is 9.88 Å². The maximum Gasteiger partial charge on any atom is 0.0535 e. The first-order valence-corrected chi connectivity index (χ1v) is 10.2. The smallest absolute Gasteiger partial charge is 0.0535 e. The van der Waals surface area contributed by atoms with Crippen LogP contribution >= 0.6 is 0 Å². The third kappa shape index (κ3) is 2.98. The van der Waals surface area contributed by atoms with Gasteiger partial charge in [0.05, 0.1) is 5.52 Å². The van der Waals surface area contributed by atoms with Gasteiger partial charge in [-0.1, -0.05) is 61.5 Å². The molecule has 1 aromatic heterocycles. The first-order chi connectivity index (χ1) is 14.3. The molecule has 2 nitrogen and oxygen atoms in total. The SMILES string of the molecule is CCc1c(C)c2cc(Nc3cccc4ccccc34)ccc2n1-c1ccccc1. The topological polar surface area (TPSA) is 17.0 Å². The molecular formula is C27H24N2. The first-order valence-electron chi connectivity index (χ1n) is 10.2. The minimum atomic E-state index is 1.00. The number of nitrogens with zero attached hydrogens (tertiary/aromatic N) is 1. The molecule has 1 N–H and O–H groups in total. The molecule has 0 aliphatic heterocycles. The summed E-state index contributed by atoms with van der Waals surface area (Å²) in [4.78, 5) is 0. The summed E-state index contributed by atoms with van der Waals surface area (Å²) in [5.74, 6) is 0. The summed E-state index contributed by atoms with van der Waals surface area (Å²) in [7, 11) is 0. The third-order valence-corrected chi connectivity index (χ3v) is 5.76. The number of fused-ring (bicyclic) bond motifs is 2. The number of aryl methyl sites for hydroxylation is 1. The van der Waals surface area contributed by atoms with Crippen molar-refractivity contribution in [3.8, 4) is 5.69 Å². The van der Waals surface area contributed by atoms with Crippen molar-refractivity contribution in [2.75, 3.05) is 5.32 Å². The Morgan fingerprint density at radius 2 is 1.52 bits per heavy atom. The second kappa shape index (κ2) is 7.14. The Morgan fingerprint density at radius 3 is 2.34 bits per heavy atom. The molecule has 0 unspecified atom stereocenters. The molecule has 0 spiro atoms. The summed E-state index contributed by atoms with van der Waals surface area (Å²) >= 11 is 0. The molecule has 4 aromatic carbocycles. The van der Waals surface area contributed by atoms with Crippen molar-refractivity contribution < 1.29 is 0 Å². The molecule has 5 rings (SSSR count). The van der Waals surface area contributed by atoms with Crippen LogP contribution in [0.15, 0.2) is 91.0 Å². The van der Waals surface area contributed by atoms with Crippen molar-refractivity contribution in [3.63, 3.8) is 0 Å². The monoisotopic (exact) mass is 376 g/mol. The summed E-state index contributed by atoms with van der Waals surface area (Å²) in [6, 6.07) is 32.2. The van der Waals surface area contributed by atoms with Crippen LogP contribution < -0.4 is 5.32 Å². The van der Waals surface area contributed by atoms with Crippen LogP contribution in [0, 0.1) is 6.92 Å². The van der Waals surface area contributed by atoms with Crippen molar-refractivity contribution in [2.45, 2.75) is 20.3 Å². The van der Waals surface area contributed by atoms with Crippen LogP contribution in [0.4, 0.5) is 11.4 Å². The lowest BCUT2D eigenvalue weighted by atomic mass is 10.1. The Balaban J connectivity index is 1.63. The zero-order chi connectivity index (χ0) is 19.8. The summed E-state index contributed by atoms with van der Waals surface area (Å²) in [6.07, 6.45) is 1.00. The third-order valence-electron chi connectivity index (χ3n) is 5.76. The van der Waals surface area contributed by atoms with Crippen LogP contribution in [0.25, 0.3) is 27.4 Å². The van der Waals surface area contributed by atoms with Gasteiger partial charge in [0.25, 0.3) is 0 Å². The number of rotatable bonds is 4. The average Bonchev–Trinajstić information content (AvgIpc) is 3.06. The fraction of sp³-hybridized carbons (Fsp3) is 0.111. The van der Waals surface area contributed by atoms with E-state index < -0.39 is 0 Å². The fourth-order valence-corrected chi connectivity index (χ4v) is 4.36. The molecular weight excluding hydrogens is 352 g/mol. The highest BCUT2D eigenvalue weighted by atomic mass is 15.0. The first kappa shape index (κ1) is 17.6. The molecule has 0 saturated carbocycles. The number of hydrogen-bond donors (Lipinski definition) is 1. The fourth-order valence-electron chi connectivity index (χ4n) is 4.36. The van der Waals surface area contributed by atoms with Crippen LogP contribution in [-0.4, -0.2) is 4.57 Å². The standard InChI is InChI=1S/C27H24N2/c1-3-26-19(2)24-18-21(16-17-27(24)29(26)22-12-5-4-6-13-22)28-25-15-9-11-20-10-7-8-14-23(20)25/h4-18,28H,3H2,1-2H3. The van der Waals surface area contributed by atoms with Gasteiger partial charge in [-0.2, -0.15) is 0 Å². The lowest BCUT2D eigenvalue weighted by molar-refractivity contribution is 0.947. The summed E-state index contributed by atoms with van der Waals surface area (Å²) in [6.45, 7) is 4.47. The Kier molecular flexibility index (Phi) is 4.33. The minimum Gasteiger partial charge on any atom is -0.355 e. The van der Waals surface area contributed by atoms with Gasteiger partial charge in [0.2, 0.25) is 0 Å². The zero-order valence-electron chi connectivity index (χ0n) is 16.8. The molecule has 29 heavy (non-hydrogen) atoms. The molecule has 0 aliphatic rings. The van der Waals surface area contributed by atoms with Crippen LogP contribution in [0.1, 0.15) is 18.2 Å². The van der Waals surface area contributed by atoms with E-state index in [2.05, 4.69) is 115 Å². The second-order valence-corrected chi connectivity index (χ2v) is 7.48. The molecule has 142 valence electrons. The zero-order valence-corrected chi connectivity index (χ0v) is 16.8. The summed E-state index contributed by atoms with van der Waals surface area (Å²) in [5.41, 5.74) is 7.45. The highest BCUT2D eigenvalue weighted by molar-refractivity contribution is 5.97. The lowest BCUT2D eigenvalue weighted by Gasteiger charge is -2.12. The normalized spacial score (nSPS) is 11.2. The van der Waals surface area contributed by atoms with Gasteiger partial charge in [0.1, 0.15) is 0 Å². The van der Waals surface area contributed by atoms with Crippen LogP contribution in [0.2, 0.25) is 0 Å². The molecule has 0 aliphatic carbocycles. The number of benzene rings is 4. The van der Waals surface area contributed by atoms with E-state index in [-0.39, 0.29) is 0 Å². The second-order valence-electron chi connectivity index (χ2n) is 7.48. The van der Waals surface area contributed by atoms with Crippen molar-refractivity contribution >= 4 is 33.1 Å². The van der Waals surface area contributed by atoms with Gasteiger partial charge >= 0.3 is 0 Å². The van der Waals surface area contributed by atoms with Gasteiger partial charge in [-0.25, -0.2) is 0 Å². The van der Waals surface area contributed by atoms with Gasteiger partial charge in [0, 0.05) is 33.5 Å². The van der Waals surface area contributed by atoms with Gasteiger partial charge in [-0.15, -0.1) is 0 Å². The molecule has 0 atom stereocenters.